The van der Waals surface area contributed by atoms with E-state index in [2.05, 4.69) is 9.17 Å². The Morgan fingerprint density at radius 2 is 2.20 bits per heavy atom. The van der Waals surface area contributed by atoms with Crippen LogP contribution in [-0.4, -0.2) is 49.6 Å². The number of hydrogen-bond donors (Lipinski definition) is 0. The Morgan fingerprint density at radius 1 is 1.44 bits per heavy atom. The van der Waals surface area contributed by atoms with Gasteiger partial charge in [-0.2, -0.15) is 8.42 Å². The van der Waals surface area contributed by atoms with Crippen molar-refractivity contribution in [3.63, 3.8) is 0 Å². The third-order valence-corrected chi connectivity index (χ3v) is 4.14. The molecule has 25 heavy (non-hydrogen) atoms. The van der Waals surface area contributed by atoms with E-state index < -0.39 is 28.1 Å². The molecule has 1 aromatic heterocycles. The SMILES string of the molecule is Cc1cn(-c2ccc(N3C[C@H](COS(C)(=O)=O)OC3=O)cc2F)cn1. The summed E-state index contributed by atoms with van der Waals surface area (Å²) in [6.07, 6.45) is 2.65. The molecule has 1 atom stereocenters. The highest BCUT2D eigenvalue weighted by molar-refractivity contribution is 7.85. The number of rotatable bonds is 5. The number of carbonyl (C=O) groups is 1. The minimum Gasteiger partial charge on any atom is -0.441 e. The van der Waals surface area contributed by atoms with Gasteiger partial charge in [-0.15, -0.1) is 0 Å². The van der Waals surface area contributed by atoms with Crippen LogP contribution in [0, 0.1) is 12.7 Å². The summed E-state index contributed by atoms with van der Waals surface area (Å²) in [5, 5.41) is 0. The molecule has 0 aliphatic carbocycles. The standard InChI is InChI=1S/C15H16FN3O5S/c1-10-6-18(9-17-10)14-4-3-11(5-13(14)16)19-7-12(24-15(19)20)8-23-25(2,21)22/h3-6,9,12H,7-8H2,1-2H3/t12-/m1/s1. The Hall–Kier alpha value is -2.46. The third-order valence-electron chi connectivity index (χ3n) is 3.57. The van der Waals surface area contributed by atoms with Gasteiger partial charge >= 0.3 is 6.09 Å². The van der Waals surface area contributed by atoms with E-state index in [1.807, 2.05) is 0 Å². The fraction of sp³-hybridized carbons (Fsp3) is 0.333. The number of ether oxygens (including phenoxy) is 1. The second kappa shape index (κ2) is 6.45. The van der Waals surface area contributed by atoms with Gasteiger partial charge < -0.3 is 9.30 Å². The molecular weight excluding hydrogens is 353 g/mol. The fourth-order valence-electron chi connectivity index (χ4n) is 2.44. The Labute approximate surface area is 143 Å². The summed E-state index contributed by atoms with van der Waals surface area (Å²) < 4.78 is 47.6. The lowest BCUT2D eigenvalue weighted by atomic mass is 10.2. The van der Waals surface area contributed by atoms with Crippen LogP contribution < -0.4 is 4.90 Å². The fourth-order valence-corrected chi connectivity index (χ4v) is 2.84. The maximum atomic E-state index is 14.4. The van der Waals surface area contributed by atoms with Crippen LogP contribution in [-0.2, 0) is 19.0 Å². The lowest BCUT2D eigenvalue weighted by Gasteiger charge is -2.14. The number of anilines is 1. The first-order chi connectivity index (χ1) is 11.7. The number of amides is 1. The second-order valence-corrected chi connectivity index (χ2v) is 7.31. The lowest BCUT2D eigenvalue weighted by molar-refractivity contribution is 0.107. The van der Waals surface area contributed by atoms with E-state index in [1.165, 1.54) is 23.4 Å². The molecule has 2 aromatic rings. The molecule has 0 saturated carbocycles. The van der Waals surface area contributed by atoms with Gasteiger partial charge in [-0.3, -0.25) is 9.08 Å². The van der Waals surface area contributed by atoms with Crippen LogP contribution in [0.4, 0.5) is 14.9 Å². The van der Waals surface area contributed by atoms with Crippen molar-refractivity contribution >= 4 is 21.9 Å². The predicted octanol–water partition coefficient (Wildman–Crippen LogP) is 1.62. The molecule has 2 heterocycles. The lowest BCUT2D eigenvalue weighted by Crippen LogP contribution is -2.26. The van der Waals surface area contributed by atoms with Crippen LogP contribution in [0.1, 0.15) is 5.69 Å². The Kier molecular flexibility index (Phi) is 4.48. The van der Waals surface area contributed by atoms with Crippen LogP contribution in [0.5, 0.6) is 0 Å². The molecule has 0 N–H and O–H groups in total. The summed E-state index contributed by atoms with van der Waals surface area (Å²) in [6, 6.07) is 4.32. The molecule has 1 saturated heterocycles. The zero-order valence-corrected chi connectivity index (χ0v) is 14.4. The molecule has 3 rings (SSSR count). The molecule has 1 fully saturated rings. The van der Waals surface area contributed by atoms with Gasteiger partial charge in [0, 0.05) is 6.20 Å². The molecule has 134 valence electrons. The zero-order chi connectivity index (χ0) is 18.2. The molecule has 0 bridgehead atoms. The molecule has 8 nitrogen and oxygen atoms in total. The van der Waals surface area contributed by atoms with Crippen molar-refractivity contribution in [3.8, 4) is 5.69 Å². The average molecular weight is 369 g/mol. The van der Waals surface area contributed by atoms with Gasteiger partial charge in [-0.1, -0.05) is 0 Å². The van der Waals surface area contributed by atoms with Crippen molar-refractivity contribution in [3.05, 3.63) is 42.2 Å². The van der Waals surface area contributed by atoms with Crippen LogP contribution in [0.3, 0.4) is 0 Å². The van der Waals surface area contributed by atoms with Gasteiger partial charge in [0.15, 0.2) is 0 Å². The van der Waals surface area contributed by atoms with Crippen molar-refractivity contribution in [1.82, 2.24) is 9.55 Å². The maximum Gasteiger partial charge on any atom is 0.414 e. The molecule has 1 aliphatic rings. The first-order valence-corrected chi connectivity index (χ1v) is 9.17. The van der Waals surface area contributed by atoms with E-state index in [0.29, 0.717) is 11.4 Å². The number of hydrogen-bond acceptors (Lipinski definition) is 6. The second-order valence-electron chi connectivity index (χ2n) is 5.66. The normalized spacial score (nSPS) is 17.8. The Balaban J connectivity index is 1.76. The minimum atomic E-state index is -3.63. The summed E-state index contributed by atoms with van der Waals surface area (Å²) in [4.78, 5) is 17.2. The summed E-state index contributed by atoms with van der Waals surface area (Å²) in [7, 11) is -3.63. The number of carbonyl (C=O) groups excluding carboxylic acids is 1. The third kappa shape index (κ3) is 3.97. The average Bonchev–Trinajstić information content (AvgIpc) is 3.10. The van der Waals surface area contributed by atoms with Gasteiger partial charge in [0.05, 0.1) is 36.2 Å². The summed E-state index contributed by atoms with van der Waals surface area (Å²) in [5.74, 6) is -0.529. The first-order valence-electron chi connectivity index (χ1n) is 7.36. The highest BCUT2D eigenvalue weighted by atomic mass is 32.2. The number of aryl methyl sites for hydroxylation is 1. The van der Waals surface area contributed by atoms with Crippen molar-refractivity contribution in [2.45, 2.75) is 13.0 Å². The molecule has 0 spiro atoms. The number of benzene rings is 1. The quantitative estimate of drug-likeness (QED) is 0.744. The van der Waals surface area contributed by atoms with Crippen molar-refractivity contribution in [2.75, 3.05) is 24.3 Å². The van der Waals surface area contributed by atoms with E-state index in [0.717, 1.165) is 11.9 Å². The van der Waals surface area contributed by atoms with E-state index >= 15 is 0 Å². The van der Waals surface area contributed by atoms with E-state index in [9.17, 15) is 17.6 Å². The van der Waals surface area contributed by atoms with Crippen LogP contribution in [0.15, 0.2) is 30.7 Å². The first kappa shape index (κ1) is 17.4. The summed E-state index contributed by atoms with van der Waals surface area (Å²) >= 11 is 0. The molecule has 1 aliphatic heterocycles. The van der Waals surface area contributed by atoms with Crippen LogP contribution in [0.25, 0.3) is 5.69 Å². The monoisotopic (exact) mass is 369 g/mol. The van der Waals surface area contributed by atoms with Crippen molar-refractivity contribution in [1.29, 1.82) is 0 Å². The van der Waals surface area contributed by atoms with Crippen LogP contribution >= 0.6 is 0 Å². The van der Waals surface area contributed by atoms with Gasteiger partial charge in [-0.05, 0) is 25.1 Å². The highest BCUT2D eigenvalue weighted by Gasteiger charge is 2.33. The van der Waals surface area contributed by atoms with Crippen molar-refractivity contribution < 1.29 is 26.5 Å². The Morgan fingerprint density at radius 3 is 2.80 bits per heavy atom. The number of nitrogens with zero attached hydrogens (tertiary/aromatic N) is 3. The van der Waals surface area contributed by atoms with Crippen LogP contribution in [0.2, 0.25) is 0 Å². The van der Waals surface area contributed by atoms with Gasteiger partial charge in [-0.25, -0.2) is 14.2 Å². The minimum absolute atomic E-state index is 0.0668. The smallest absolute Gasteiger partial charge is 0.414 e. The van der Waals surface area contributed by atoms with E-state index in [1.54, 1.807) is 23.8 Å². The molecule has 0 radical (unpaired) electrons. The topological polar surface area (TPSA) is 90.7 Å². The van der Waals surface area contributed by atoms with E-state index in [-0.39, 0.29) is 13.2 Å². The summed E-state index contributed by atoms with van der Waals surface area (Å²) in [5.41, 5.74) is 1.36. The number of halogens is 1. The Bertz CT molecular complexity index is 912. The summed E-state index contributed by atoms with van der Waals surface area (Å²) in [6.45, 7) is 1.58. The maximum absolute atomic E-state index is 14.4. The number of imidazole rings is 1. The van der Waals surface area contributed by atoms with Gasteiger partial charge in [0.2, 0.25) is 0 Å². The molecule has 0 unspecified atom stereocenters. The molecular formula is C15H16FN3O5S. The zero-order valence-electron chi connectivity index (χ0n) is 13.5. The van der Waals surface area contributed by atoms with Gasteiger partial charge in [0.25, 0.3) is 10.1 Å². The van der Waals surface area contributed by atoms with Gasteiger partial charge in [0.1, 0.15) is 18.5 Å². The molecule has 1 aromatic carbocycles. The van der Waals surface area contributed by atoms with E-state index in [4.69, 9.17) is 4.74 Å². The molecule has 10 heteroatoms. The largest absolute Gasteiger partial charge is 0.441 e. The van der Waals surface area contributed by atoms with Crippen molar-refractivity contribution in [2.24, 2.45) is 0 Å². The highest BCUT2D eigenvalue weighted by Crippen LogP contribution is 2.25. The molecule has 1 amide bonds. The predicted molar refractivity (Wildman–Crippen MR) is 86.7 cm³/mol. The number of aromatic nitrogens is 2. The number of cyclic esters (lactones) is 1.